The molecule has 0 bridgehead atoms. The van der Waals surface area contributed by atoms with E-state index in [2.05, 4.69) is 0 Å². The van der Waals surface area contributed by atoms with Gasteiger partial charge in [0.2, 0.25) is 0 Å². The fourth-order valence-corrected chi connectivity index (χ4v) is 0. The first-order chi connectivity index (χ1) is 0. The molecule has 0 aromatic rings. The summed E-state index contributed by atoms with van der Waals surface area (Å²) in [5, 5.41) is 0. The molecule has 5 heavy (non-hydrogen) atoms. The van der Waals surface area contributed by atoms with Gasteiger partial charge >= 0.3 is 0 Å². The second-order valence-corrected chi connectivity index (χ2v) is 0. The molecule has 0 unspecified atom stereocenters. The van der Waals surface area contributed by atoms with E-state index in [-0.39, 0.29) is 112 Å². The van der Waals surface area contributed by atoms with E-state index < -0.39 is 0 Å². The Hall–Kier alpha value is 3.68. The molecule has 0 N–H and O–H groups in total. The van der Waals surface area contributed by atoms with Crippen LogP contribution in [0.4, 0.5) is 0 Å². The van der Waals surface area contributed by atoms with Crippen LogP contribution < -0.4 is 0 Å². The molecule has 0 aliphatic carbocycles. The maximum absolute atomic E-state index is 0. The van der Waals surface area contributed by atoms with Gasteiger partial charge in [-0.2, -0.15) is 0 Å². The SMILES string of the molecule is [AlH3].[AlH3].[Hf].[Hf].[Hf]. The molecule has 0 aromatic heterocycles. The van der Waals surface area contributed by atoms with Gasteiger partial charge in [0.1, 0.15) is 0 Å². The third kappa shape index (κ3) is 18.3. The van der Waals surface area contributed by atoms with Crippen LogP contribution in [0, 0.1) is 0 Å². The van der Waals surface area contributed by atoms with E-state index in [1.807, 2.05) is 0 Å². The Morgan fingerprint density at radius 2 is 0.400 bits per heavy atom. The van der Waals surface area contributed by atoms with Crippen molar-refractivity contribution in [1.82, 2.24) is 0 Å². The molecule has 0 heterocycles. The van der Waals surface area contributed by atoms with Gasteiger partial charge in [-0.25, -0.2) is 0 Å². The number of hydrogen-bond acceptors (Lipinski definition) is 0. The Kier molecular flexibility index (Phi) is 192. The minimum Gasteiger partial charge on any atom is 0 e. The van der Waals surface area contributed by atoms with Gasteiger partial charge in [-0.15, -0.1) is 0 Å². The minimum absolute atomic E-state index is 0. The van der Waals surface area contributed by atoms with E-state index in [1.54, 1.807) is 0 Å². The van der Waals surface area contributed by atoms with Crippen LogP contribution >= 0.6 is 0 Å². The molecule has 0 radical (unpaired) electrons. The summed E-state index contributed by atoms with van der Waals surface area (Å²) < 4.78 is 0. The van der Waals surface area contributed by atoms with Crippen molar-refractivity contribution in [3.8, 4) is 0 Å². The summed E-state index contributed by atoms with van der Waals surface area (Å²) >= 11 is 0. The fourth-order valence-electron chi connectivity index (χ4n) is 0. The largest absolute Gasteiger partial charge is 0.187 e. The Morgan fingerprint density at radius 3 is 0.400 bits per heavy atom. The zero-order chi connectivity index (χ0) is 0. The molecule has 0 spiro atoms. The Bertz CT molecular complexity index is 4.85. The molecule has 24 valence electrons. The van der Waals surface area contributed by atoms with Crippen molar-refractivity contribution in [3.05, 3.63) is 0 Å². The normalized spacial score (nSPS) is 0. The first-order valence-corrected chi connectivity index (χ1v) is 0. The van der Waals surface area contributed by atoms with E-state index in [9.17, 15) is 0 Å². The first kappa shape index (κ1) is 37.8. The standard InChI is InChI=1S/2Al.3Hf.6H. The van der Waals surface area contributed by atoms with Crippen molar-refractivity contribution in [2.45, 2.75) is 0 Å². The average Bonchev–Trinajstić information content (AvgIpc) is 0. The molecule has 0 amide bonds. The van der Waals surface area contributed by atoms with Crippen molar-refractivity contribution >= 4 is 34.7 Å². The maximum atomic E-state index is 0. The summed E-state index contributed by atoms with van der Waals surface area (Å²) in [5.74, 6) is 0. The van der Waals surface area contributed by atoms with Crippen LogP contribution in [0.25, 0.3) is 0 Å². The van der Waals surface area contributed by atoms with Crippen molar-refractivity contribution in [3.63, 3.8) is 0 Å². The third-order valence-corrected chi connectivity index (χ3v) is 0. The summed E-state index contributed by atoms with van der Waals surface area (Å²) in [6.07, 6.45) is 0. The molecule has 0 saturated carbocycles. The van der Waals surface area contributed by atoms with E-state index in [4.69, 9.17) is 0 Å². The summed E-state index contributed by atoms with van der Waals surface area (Å²) in [4.78, 5) is 0. The quantitative estimate of drug-likeness (QED) is 0.275. The van der Waals surface area contributed by atoms with E-state index in [1.165, 1.54) is 0 Å². The molecule has 0 aliphatic heterocycles. The van der Waals surface area contributed by atoms with Crippen molar-refractivity contribution < 1.29 is 77.5 Å². The van der Waals surface area contributed by atoms with Gasteiger partial charge in [0.15, 0.2) is 34.7 Å². The van der Waals surface area contributed by atoms with Crippen molar-refractivity contribution in [1.29, 1.82) is 0 Å². The Morgan fingerprint density at radius 1 is 0.400 bits per heavy atom. The van der Waals surface area contributed by atoms with Crippen LogP contribution in [0.2, 0.25) is 0 Å². The molecule has 0 nitrogen and oxygen atoms in total. The molecule has 0 fully saturated rings. The Labute approximate surface area is 110 Å². The van der Waals surface area contributed by atoms with Crippen LogP contribution in [-0.2, 0) is 77.5 Å². The van der Waals surface area contributed by atoms with Gasteiger partial charge in [-0.3, -0.25) is 0 Å². The fraction of sp³-hybridized carbons (Fsp3) is 0. The zero-order valence-electron chi connectivity index (χ0n) is 1.50. The first-order valence-electron chi connectivity index (χ1n) is 0. The van der Waals surface area contributed by atoms with Crippen LogP contribution in [0.3, 0.4) is 0 Å². The van der Waals surface area contributed by atoms with Gasteiger partial charge in [0.05, 0.1) is 0 Å². The molecular weight excluding hydrogens is 589 g/mol. The van der Waals surface area contributed by atoms with Crippen LogP contribution in [0.1, 0.15) is 0 Å². The van der Waals surface area contributed by atoms with Gasteiger partial charge in [0, 0.05) is 77.5 Å². The summed E-state index contributed by atoms with van der Waals surface area (Å²) in [7, 11) is 0. The third-order valence-electron chi connectivity index (χ3n) is 0. The van der Waals surface area contributed by atoms with Gasteiger partial charge in [-0.05, 0) is 0 Å². The van der Waals surface area contributed by atoms with Gasteiger partial charge in [0.25, 0.3) is 0 Å². The number of hydrogen-bond donors (Lipinski definition) is 0. The summed E-state index contributed by atoms with van der Waals surface area (Å²) in [6, 6.07) is 0. The van der Waals surface area contributed by atoms with E-state index in [0.29, 0.717) is 0 Å². The Balaban J connectivity index is 0. The smallest absolute Gasteiger partial charge is 0 e. The van der Waals surface area contributed by atoms with Crippen LogP contribution in [0.15, 0.2) is 0 Å². The van der Waals surface area contributed by atoms with Gasteiger partial charge < -0.3 is 0 Å². The van der Waals surface area contributed by atoms with Crippen molar-refractivity contribution in [2.75, 3.05) is 0 Å². The second-order valence-electron chi connectivity index (χ2n) is 0. The second kappa shape index (κ2) is 25.3. The molecule has 0 saturated heterocycles. The number of rotatable bonds is 0. The summed E-state index contributed by atoms with van der Waals surface area (Å²) in [6.45, 7) is 0. The molecule has 0 aliphatic rings. The predicted molar refractivity (Wildman–Crippen MR) is 19.9 cm³/mol. The van der Waals surface area contributed by atoms with Crippen LogP contribution in [0.5, 0.6) is 0 Å². The van der Waals surface area contributed by atoms with E-state index >= 15 is 0 Å². The average molecular weight is 595 g/mol. The van der Waals surface area contributed by atoms with E-state index in [0.717, 1.165) is 0 Å². The maximum Gasteiger partial charge on any atom is 0.187 e. The summed E-state index contributed by atoms with van der Waals surface area (Å²) in [5.41, 5.74) is 0. The molecule has 0 aromatic carbocycles. The topological polar surface area (TPSA) is 0 Å². The predicted octanol–water partition coefficient (Wildman–Crippen LogP) is -2.38. The van der Waals surface area contributed by atoms with Crippen molar-refractivity contribution in [2.24, 2.45) is 0 Å². The molecular formula is H6Al2Hf3. The zero-order valence-corrected chi connectivity index (χ0v) is 12.3. The minimum atomic E-state index is 0. The van der Waals surface area contributed by atoms with Crippen LogP contribution in [-0.4, -0.2) is 34.7 Å². The molecule has 0 rings (SSSR count). The molecule has 5 heteroatoms. The monoisotopic (exact) mass is 600 g/mol. The van der Waals surface area contributed by atoms with Gasteiger partial charge in [-0.1, -0.05) is 0 Å². The molecule has 0 atom stereocenters.